The van der Waals surface area contributed by atoms with E-state index in [1.807, 2.05) is 0 Å². The van der Waals surface area contributed by atoms with E-state index in [0.717, 1.165) is 0 Å². The molecule has 1 N–H and O–H groups in total. The van der Waals surface area contributed by atoms with Gasteiger partial charge in [-0.1, -0.05) is 29.3 Å². The standard InChI is InChI=1S/C13H13Cl2NO4/c14-10-3-1-2-9(12(10)15)13(19)16-4-5-20-7-8(16)6-11(17)18/h1-3,8H,4-7H2,(H,17,18). The molecule has 1 amide bonds. The van der Waals surface area contributed by atoms with Gasteiger partial charge in [-0.3, -0.25) is 9.59 Å². The second-order valence-electron chi connectivity index (χ2n) is 4.43. The first-order valence-corrected chi connectivity index (χ1v) is 6.81. The van der Waals surface area contributed by atoms with Crippen molar-refractivity contribution in [1.29, 1.82) is 0 Å². The highest BCUT2D eigenvalue weighted by molar-refractivity contribution is 6.43. The van der Waals surface area contributed by atoms with Gasteiger partial charge in [0.25, 0.3) is 5.91 Å². The molecule has 0 spiro atoms. The Bertz CT molecular complexity index is 535. The molecule has 1 atom stereocenters. The predicted octanol–water partition coefficient (Wildman–Crippen LogP) is 2.31. The topological polar surface area (TPSA) is 66.8 Å². The molecule has 0 saturated carbocycles. The van der Waals surface area contributed by atoms with Crippen molar-refractivity contribution in [3.05, 3.63) is 33.8 Å². The summed E-state index contributed by atoms with van der Waals surface area (Å²) in [6.45, 7) is 0.913. The van der Waals surface area contributed by atoms with Gasteiger partial charge in [0.2, 0.25) is 0 Å². The number of carbonyl (C=O) groups is 2. The third-order valence-corrected chi connectivity index (χ3v) is 3.90. The van der Waals surface area contributed by atoms with Crippen LogP contribution in [0.15, 0.2) is 18.2 Å². The number of morpholine rings is 1. The monoisotopic (exact) mass is 317 g/mol. The minimum Gasteiger partial charge on any atom is -0.481 e. The quantitative estimate of drug-likeness (QED) is 0.929. The van der Waals surface area contributed by atoms with Crippen molar-refractivity contribution in [2.24, 2.45) is 0 Å². The van der Waals surface area contributed by atoms with Crippen LogP contribution in [0.5, 0.6) is 0 Å². The van der Waals surface area contributed by atoms with Crippen LogP contribution in [-0.2, 0) is 9.53 Å². The summed E-state index contributed by atoms with van der Waals surface area (Å²) < 4.78 is 5.24. The largest absolute Gasteiger partial charge is 0.481 e. The van der Waals surface area contributed by atoms with Gasteiger partial charge in [-0.15, -0.1) is 0 Å². The average Bonchev–Trinajstić information content (AvgIpc) is 2.41. The summed E-state index contributed by atoms with van der Waals surface area (Å²) in [5.41, 5.74) is 0.274. The molecular weight excluding hydrogens is 305 g/mol. The summed E-state index contributed by atoms with van der Waals surface area (Å²) >= 11 is 11.9. The molecule has 1 aromatic carbocycles. The fourth-order valence-corrected chi connectivity index (χ4v) is 2.50. The van der Waals surface area contributed by atoms with Gasteiger partial charge in [0.05, 0.1) is 41.3 Å². The summed E-state index contributed by atoms with van der Waals surface area (Å²) in [4.78, 5) is 24.8. The van der Waals surface area contributed by atoms with Gasteiger partial charge in [0, 0.05) is 6.54 Å². The third-order valence-electron chi connectivity index (χ3n) is 3.08. The van der Waals surface area contributed by atoms with E-state index in [1.54, 1.807) is 18.2 Å². The van der Waals surface area contributed by atoms with E-state index in [9.17, 15) is 9.59 Å². The summed E-state index contributed by atoms with van der Waals surface area (Å²) in [5, 5.41) is 9.37. The Labute approximate surface area is 126 Å². The maximum absolute atomic E-state index is 12.5. The normalized spacial score (nSPS) is 18.9. The zero-order chi connectivity index (χ0) is 14.7. The Morgan fingerprint density at radius 2 is 2.15 bits per heavy atom. The maximum atomic E-state index is 12.5. The van der Waals surface area contributed by atoms with E-state index in [-0.39, 0.29) is 29.5 Å². The van der Waals surface area contributed by atoms with Crippen molar-refractivity contribution in [1.82, 2.24) is 4.90 Å². The lowest BCUT2D eigenvalue weighted by Crippen LogP contribution is -2.49. The van der Waals surface area contributed by atoms with E-state index in [1.165, 1.54) is 4.90 Å². The molecule has 1 aliphatic heterocycles. The average molecular weight is 318 g/mol. The van der Waals surface area contributed by atoms with Crippen LogP contribution in [0.2, 0.25) is 10.0 Å². The number of carboxylic acid groups (broad SMARTS) is 1. The number of nitrogens with zero attached hydrogens (tertiary/aromatic N) is 1. The molecule has 108 valence electrons. The van der Waals surface area contributed by atoms with Crippen LogP contribution >= 0.6 is 23.2 Å². The van der Waals surface area contributed by atoms with Crippen LogP contribution in [0, 0.1) is 0 Å². The van der Waals surface area contributed by atoms with Crippen molar-refractivity contribution in [2.45, 2.75) is 12.5 Å². The molecule has 0 aliphatic carbocycles. The molecule has 20 heavy (non-hydrogen) atoms. The second-order valence-corrected chi connectivity index (χ2v) is 5.21. The Kier molecular flexibility index (Phi) is 4.86. The molecule has 1 fully saturated rings. The molecule has 1 saturated heterocycles. The van der Waals surface area contributed by atoms with Crippen molar-refractivity contribution in [3.8, 4) is 0 Å². The van der Waals surface area contributed by atoms with E-state index < -0.39 is 12.0 Å². The van der Waals surface area contributed by atoms with Crippen molar-refractivity contribution >= 4 is 35.1 Å². The van der Waals surface area contributed by atoms with Gasteiger partial charge in [0.1, 0.15) is 0 Å². The number of halogens is 2. The molecule has 0 radical (unpaired) electrons. The highest BCUT2D eigenvalue weighted by Gasteiger charge is 2.30. The van der Waals surface area contributed by atoms with Crippen LogP contribution in [0.25, 0.3) is 0 Å². The summed E-state index contributed by atoms with van der Waals surface area (Å²) in [6, 6.07) is 4.30. The lowest BCUT2D eigenvalue weighted by Gasteiger charge is -2.35. The number of carbonyl (C=O) groups excluding carboxylic acids is 1. The number of amides is 1. The first-order chi connectivity index (χ1) is 9.50. The Morgan fingerprint density at radius 1 is 1.40 bits per heavy atom. The molecule has 1 aliphatic rings. The summed E-state index contributed by atoms with van der Waals surface area (Å²) in [6.07, 6.45) is -0.163. The van der Waals surface area contributed by atoms with Gasteiger partial charge in [-0.25, -0.2) is 0 Å². The number of ether oxygens (including phenoxy) is 1. The van der Waals surface area contributed by atoms with E-state index >= 15 is 0 Å². The first-order valence-electron chi connectivity index (χ1n) is 6.05. The van der Waals surface area contributed by atoms with Gasteiger partial charge < -0.3 is 14.7 Å². The number of benzene rings is 1. The SMILES string of the molecule is O=C(O)CC1COCCN1C(=O)c1cccc(Cl)c1Cl. The van der Waals surface area contributed by atoms with Crippen molar-refractivity contribution in [3.63, 3.8) is 0 Å². The van der Waals surface area contributed by atoms with Gasteiger partial charge in [-0.2, -0.15) is 0 Å². The molecule has 1 aromatic rings. The molecule has 5 nitrogen and oxygen atoms in total. The third kappa shape index (κ3) is 3.23. The molecule has 1 unspecified atom stereocenters. The maximum Gasteiger partial charge on any atom is 0.305 e. The Morgan fingerprint density at radius 3 is 2.85 bits per heavy atom. The molecule has 7 heteroatoms. The van der Waals surface area contributed by atoms with E-state index in [4.69, 9.17) is 33.0 Å². The molecule has 1 heterocycles. The lowest BCUT2D eigenvalue weighted by molar-refractivity contribution is -0.139. The second kappa shape index (κ2) is 6.43. The lowest BCUT2D eigenvalue weighted by atomic mass is 10.1. The number of carboxylic acids is 1. The Balaban J connectivity index is 2.25. The Hall–Kier alpha value is -1.30. The molecule has 0 aromatic heterocycles. The molecule has 2 rings (SSSR count). The molecular formula is C13H13Cl2NO4. The highest BCUT2D eigenvalue weighted by Crippen LogP contribution is 2.27. The van der Waals surface area contributed by atoms with Crippen LogP contribution < -0.4 is 0 Å². The van der Waals surface area contributed by atoms with E-state index in [2.05, 4.69) is 0 Å². The minimum absolute atomic E-state index is 0.163. The van der Waals surface area contributed by atoms with Crippen LogP contribution in [0.4, 0.5) is 0 Å². The first kappa shape index (κ1) is 15.1. The fraction of sp³-hybridized carbons (Fsp3) is 0.385. The van der Waals surface area contributed by atoms with Gasteiger partial charge in [-0.05, 0) is 12.1 Å². The minimum atomic E-state index is -0.976. The zero-order valence-electron chi connectivity index (χ0n) is 10.5. The van der Waals surface area contributed by atoms with Crippen molar-refractivity contribution < 1.29 is 19.4 Å². The molecule has 0 bridgehead atoms. The predicted molar refractivity (Wildman–Crippen MR) is 74.4 cm³/mol. The summed E-state index contributed by atoms with van der Waals surface area (Å²) in [5.74, 6) is -1.30. The van der Waals surface area contributed by atoms with Crippen molar-refractivity contribution in [2.75, 3.05) is 19.8 Å². The van der Waals surface area contributed by atoms with Gasteiger partial charge in [0.15, 0.2) is 0 Å². The number of aliphatic carboxylic acids is 1. The van der Waals surface area contributed by atoms with E-state index in [0.29, 0.717) is 18.2 Å². The number of rotatable bonds is 3. The fourth-order valence-electron chi connectivity index (χ4n) is 2.12. The number of hydrogen-bond donors (Lipinski definition) is 1. The zero-order valence-corrected chi connectivity index (χ0v) is 12.0. The van der Waals surface area contributed by atoms with Crippen LogP contribution in [0.3, 0.4) is 0 Å². The smallest absolute Gasteiger partial charge is 0.305 e. The van der Waals surface area contributed by atoms with Crippen LogP contribution in [-0.4, -0.2) is 47.7 Å². The highest BCUT2D eigenvalue weighted by atomic mass is 35.5. The number of hydrogen-bond acceptors (Lipinski definition) is 3. The van der Waals surface area contributed by atoms with Gasteiger partial charge >= 0.3 is 5.97 Å². The van der Waals surface area contributed by atoms with Crippen LogP contribution in [0.1, 0.15) is 16.8 Å². The summed E-state index contributed by atoms with van der Waals surface area (Å²) in [7, 11) is 0.